The SMILES string of the molecule is Cc1noc2nc(-c3cccc4ccccc34)cc(C(F)F)c12. The lowest BCUT2D eigenvalue weighted by atomic mass is 10.00. The summed E-state index contributed by atoms with van der Waals surface area (Å²) in [6.07, 6.45) is -2.62. The molecule has 0 aliphatic heterocycles. The fraction of sp³-hybridized carbons (Fsp3) is 0.111. The summed E-state index contributed by atoms with van der Waals surface area (Å²) < 4.78 is 32.1. The first-order chi connectivity index (χ1) is 11.1. The lowest BCUT2D eigenvalue weighted by Gasteiger charge is -2.08. The maximum absolute atomic E-state index is 13.5. The number of aryl methyl sites for hydroxylation is 1. The quantitative estimate of drug-likeness (QED) is 0.505. The third kappa shape index (κ3) is 2.16. The molecule has 2 aromatic carbocycles. The molecular weight excluding hydrogens is 298 g/mol. The molecule has 0 saturated heterocycles. The van der Waals surface area contributed by atoms with Gasteiger partial charge in [0.2, 0.25) is 0 Å². The Hall–Kier alpha value is -2.82. The van der Waals surface area contributed by atoms with Crippen LogP contribution in [0.5, 0.6) is 0 Å². The molecule has 0 atom stereocenters. The maximum atomic E-state index is 13.5. The van der Waals surface area contributed by atoms with E-state index in [9.17, 15) is 8.78 Å². The van der Waals surface area contributed by atoms with Gasteiger partial charge in [0.05, 0.1) is 16.8 Å². The summed E-state index contributed by atoms with van der Waals surface area (Å²) in [5.74, 6) is 0. The van der Waals surface area contributed by atoms with Crippen molar-refractivity contribution in [2.45, 2.75) is 13.3 Å². The van der Waals surface area contributed by atoms with Crippen LogP contribution in [0.1, 0.15) is 17.7 Å². The van der Waals surface area contributed by atoms with Crippen LogP contribution in [0.4, 0.5) is 8.78 Å². The second-order valence-electron chi connectivity index (χ2n) is 5.37. The van der Waals surface area contributed by atoms with Crippen LogP contribution >= 0.6 is 0 Å². The number of aromatic nitrogens is 2. The molecular formula is C18H12F2N2O. The fourth-order valence-corrected chi connectivity index (χ4v) is 2.89. The molecule has 3 nitrogen and oxygen atoms in total. The van der Waals surface area contributed by atoms with Gasteiger partial charge in [0, 0.05) is 11.1 Å². The summed E-state index contributed by atoms with van der Waals surface area (Å²) in [7, 11) is 0. The molecule has 4 aromatic rings. The fourth-order valence-electron chi connectivity index (χ4n) is 2.89. The summed E-state index contributed by atoms with van der Waals surface area (Å²) in [6.45, 7) is 1.64. The molecule has 0 bridgehead atoms. The van der Waals surface area contributed by atoms with E-state index in [0.29, 0.717) is 16.8 Å². The molecule has 0 aliphatic carbocycles. The Labute approximate surface area is 130 Å². The number of pyridine rings is 1. The minimum atomic E-state index is -2.62. The number of hydrogen-bond acceptors (Lipinski definition) is 3. The standard InChI is InChI=1S/C18H12F2N2O/c1-10-16-14(17(19)20)9-15(21-18(16)23-22-10)13-8-4-6-11-5-2-3-7-12(11)13/h2-9,17H,1H3. The Balaban J connectivity index is 2.05. The van der Waals surface area contributed by atoms with Crippen LogP contribution in [-0.2, 0) is 0 Å². The van der Waals surface area contributed by atoms with Crippen molar-refractivity contribution >= 4 is 21.9 Å². The van der Waals surface area contributed by atoms with Crippen molar-refractivity contribution in [3.63, 3.8) is 0 Å². The smallest absolute Gasteiger partial charge is 0.264 e. The van der Waals surface area contributed by atoms with Crippen LogP contribution in [0.2, 0.25) is 0 Å². The highest BCUT2D eigenvalue weighted by Gasteiger charge is 2.20. The number of fused-ring (bicyclic) bond motifs is 2. The summed E-state index contributed by atoms with van der Waals surface area (Å²) in [6, 6.07) is 14.9. The number of halogens is 2. The summed E-state index contributed by atoms with van der Waals surface area (Å²) in [4.78, 5) is 4.40. The zero-order valence-electron chi connectivity index (χ0n) is 12.3. The molecule has 0 N–H and O–H groups in total. The van der Waals surface area contributed by atoms with Gasteiger partial charge in [-0.25, -0.2) is 13.8 Å². The van der Waals surface area contributed by atoms with Gasteiger partial charge in [-0.1, -0.05) is 47.6 Å². The van der Waals surface area contributed by atoms with E-state index in [1.54, 1.807) is 6.92 Å². The van der Waals surface area contributed by atoms with Gasteiger partial charge < -0.3 is 4.52 Å². The Kier molecular flexibility index (Phi) is 3.08. The average molecular weight is 310 g/mol. The Morgan fingerprint density at radius 3 is 2.65 bits per heavy atom. The van der Waals surface area contributed by atoms with E-state index in [2.05, 4.69) is 10.1 Å². The number of alkyl halides is 2. The van der Waals surface area contributed by atoms with Crippen molar-refractivity contribution in [3.8, 4) is 11.3 Å². The van der Waals surface area contributed by atoms with Crippen molar-refractivity contribution in [1.82, 2.24) is 10.1 Å². The number of benzene rings is 2. The minimum Gasteiger partial charge on any atom is -0.336 e. The van der Waals surface area contributed by atoms with E-state index in [4.69, 9.17) is 4.52 Å². The third-order valence-electron chi connectivity index (χ3n) is 3.95. The van der Waals surface area contributed by atoms with E-state index >= 15 is 0 Å². The van der Waals surface area contributed by atoms with Crippen LogP contribution < -0.4 is 0 Å². The maximum Gasteiger partial charge on any atom is 0.264 e. The van der Waals surface area contributed by atoms with Crippen LogP contribution in [-0.4, -0.2) is 10.1 Å². The number of nitrogens with zero attached hydrogens (tertiary/aromatic N) is 2. The van der Waals surface area contributed by atoms with E-state index in [1.165, 1.54) is 6.07 Å². The Morgan fingerprint density at radius 2 is 1.83 bits per heavy atom. The van der Waals surface area contributed by atoms with Gasteiger partial charge in [-0.3, -0.25) is 0 Å². The highest BCUT2D eigenvalue weighted by atomic mass is 19.3. The molecule has 23 heavy (non-hydrogen) atoms. The monoisotopic (exact) mass is 310 g/mol. The molecule has 0 radical (unpaired) electrons. The first-order valence-corrected chi connectivity index (χ1v) is 7.18. The summed E-state index contributed by atoms with van der Waals surface area (Å²) in [5.41, 5.74) is 1.72. The third-order valence-corrected chi connectivity index (χ3v) is 3.95. The highest BCUT2D eigenvalue weighted by molar-refractivity contribution is 5.97. The van der Waals surface area contributed by atoms with Crippen LogP contribution in [0.15, 0.2) is 53.1 Å². The van der Waals surface area contributed by atoms with E-state index in [0.717, 1.165) is 16.3 Å². The molecule has 0 fully saturated rings. The predicted molar refractivity (Wildman–Crippen MR) is 84.4 cm³/mol. The first-order valence-electron chi connectivity index (χ1n) is 7.18. The van der Waals surface area contributed by atoms with Gasteiger partial charge in [-0.2, -0.15) is 0 Å². The van der Waals surface area contributed by atoms with Crippen LogP contribution in [0, 0.1) is 6.92 Å². The Morgan fingerprint density at radius 1 is 1.04 bits per heavy atom. The molecule has 5 heteroatoms. The van der Waals surface area contributed by atoms with Crippen molar-refractivity contribution in [2.24, 2.45) is 0 Å². The van der Waals surface area contributed by atoms with Crippen molar-refractivity contribution < 1.29 is 13.3 Å². The molecule has 2 heterocycles. The zero-order valence-corrected chi connectivity index (χ0v) is 12.3. The summed E-state index contributed by atoms with van der Waals surface area (Å²) in [5, 5.41) is 6.04. The first kappa shape index (κ1) is 13.8. The second kappa shape index (κ2) is 5.12. The van der Waals surface area contributed by atoms with Crippen molar-refractivity contribution in [1.29, 1.82) is 0 Å². The van der Waals surface area contributed by atoms with Gasteiger partial charge in [0.15, 0.2) is 0 Å². The molecule has 0 aliphatic rings. The molecule has 0 amide bonds. The molecule has 4 rings (SSSR count). The second-order valence-corrected chi connectivity index (χ2v) is 5.37. The van der Waals surface area contributed by atoms with E-state index in [1.807, 2.05) is 42.5 Å². The molecule has 0 spiro atoms. The average Bonchev–Trinajstić information content (AvgIpc) is 2.94. The van der Waals surface area contributed by atoms with Gasteiger partial charge in [-0.05, 0) is 23.8 Å². The van der Waals surface area contributed by atoms with Crippen LogP contribution in [0.3, 0.4) is 0 Å². The van der Waals surface area contributed by atoms with Gasteiger partial charge in [0.1, 0.15) is 0 Å². The van der Waals surface area contributed by atoms with Gasteiger partial charge in [-0.15, -0.1) is 0 Å². The normalized spacial score (nSPS) is 11.7. The molecule has 0 saturated carbocycles. The Bertz CT molecular complexity index is 1020. The zero-order chi connectivity index (χ0) is 16.0. The molecule has 114 valence electrons. The number of rotatable bonds is 2. The van der Waals surface area contributed by atoms with E-state index in [-0.39, 0.29) is 11.3 Å². The highest BCUT2D eigenvalue weighted by Crippen LogP contribution is 2.35. The summed E-state index contributed by atoms with van der Waals surface area (Å²) >= 11 is 0. The largest absolute Gasteiger partial charge is 0.336 e. The predicted octanol–water partition coefficient (Wildman–Crippen LogP) is 5.29. The minimum absolute atomic E-state index is 0.100. The topological polar surface area (TPSA) is 38.9 Å². The van der Waals surface area contributed by atoms with Crippen molar-refractivity contribution in [2.75, 3.05) is 0 Å². The number of hydrogen-bond donors (Lipinski definition) is 0. The van der Waals surface area contributed by atoms with E-state index < -0.39 is 6.43 Å². The van der Waals surface area contributed by atoms with Crippen molar-refractivity contribution in [3.05, 3.63) is 59.8 Å². The van der Waals surface area contributed by atoms with Gasteiger partial charge in [0.25, 0.3) is 12.1 Å². The lowest BCUT2D eigenvalue weighted by Crippen LogP contribution is -1.93. The van der Waals surface area contributed by atoms with Crippen LogP contribution in [0.25, 0.3) is 33.1 Å². The lowest BCUT2D eigenvalue weighted by molar-refractivity contribution is 0.153. The van der Waals surface area contributed by atoms with Gasteiger partial charge >= 0.3 is 0 Å². The molecule has 0 unspecified atom stereocenters. The molecule has 2 aromatic heterocycles.